The SMILES string of the molecule is CCCCCCC/C=C\C/C=C\C/C=C\CCCCCCCCCCCCC(=O)OC(COC(=O)CCCCCCCCC)COC(=O)CCCCCCCCCCCCCCCCCCCCCCCCCCCCC. The van der Waals surface area contributed by atoms with E-state index in [2.05, 4.69) is 57.2 Å². The third-order valence-corrected chi connectivity index (χ3v) is 15.6. The van der Waals surface area contributed by atoms with Crippen molar-refractivity contribution in [3.8, 4) is 0 Å². The summed E-state index contributed by atoms with van der Waals surface area (Å²) in [5, 5.41) is 0. The molecule has 0 rings (SSSR count). The highest BCUT2D eigenvalue weighted by Gasteiger charge is 2.19. The number of hydrogen-bond acceptors (Lipinski definition) is 6. The highest BCUT2D eigenvalue weighted by Crippen LogP contribution is 2.18. The molecular formula is C71H132O6. The maximum atomic E-state index is 12.9. The molecule has 452 valence electrons. The Morgan fingerprint density at radius 3 is 0.727 bits per heavy atom. The van der Waals surface area contributed by atoms with Gasteiger partial charge in [-0.1, -0.05) is 340 Å². The van der Waals surface area contributed by atoms with Crippen molar-refractivity contribution in [2.75, 3.05) is 13.2 Å². The zero-order valence-corrected chi connectivity index (χ0v) is 52.0. The van der Waals surface area contributed by atoms with Crippen LogP contribution in [0.3, 0.4) is 0 Å². The van der Waals surface area contributed by atoms with E-state index in [0.717, 1.165) is 70.6 Å². The first-order valence-corrected chi connectivity index (χ1v) is 34.5. The van der Waals surface area contributed by atoms with Crippen molar-refractivity contribution in [1.82, 2.24) is 0 Å². The van der Waals surface area contributed by atoms with Gasteiger partial charge >= 0.3 is 17.9 Å². The highest BCUT2D eigenvalue weighted by molar-refractivity contribution is 5.71. The topological polar surface area (TPSA) is 78.9 Å². The molecule has 1 atom stereocenters. The fourth-order valence-electron chi connectivity index (χ4n) is 10.5. The average molecular weight is 1080 g/mol. The van der Waals surface area contributed by atoms with Crippen LogP contribution in [0.25, 0.3) is 0 Å². The second-order valence-corrected chi connectivity index (χ2v) is 23.5. The van der Waals surface area contributed by atoms with Crippen LogP contribution in [-0.2, 0) is 28.6 Å². The lowest BCUT2D eigenvalue weighted by molar-refractivity contribution is -0.167. The van der Waals surface area contributed by atoms with Gasteiger partial charge in [0, 0.05) is 19.3 Å². The molecular weight excluding hydrogens is 949 g/mol. The van der Waals surface area contributed by atoms with Crippen LogP contribution in [0.15, 0.2) is 36.5 Å². The predicted molar refractivity (Wildman–Crippen MR) is 335 cm³/mol. The number of esters is 3. The molecule has 0 radical (unpaired) electrons. The quantitative estimate of drug-likeness (QED) is 0.0261. The fraction of sp³-hybridized carbons (Fsp3) is 0.873. The standard InChI is InChI=1S/C71H132O6/c1-4-7-10-13-16-18-20-22-24-26-28-30-32-34-35-37-38-40-42-44-46-48-50-52-55-58-61-64-70(73)76-67-68(66-75-69(72)63-60-57-54-15-12-9-6-3)77-71(74)65-62-59-56-53-51-49-47-45-43-41-39-36-33-31-29-27-25-23-21-19-17-14-11-8-5-2/h21,23,27,29,33,36,68H,4-20,22,24-26,28,30-32,34-35,37-67H2,1-3H3/b23-21-,29-27-,36-33-. The Bertz CT molecular complexity index is 1290. The molecule has 0 aliphatic heterocycles. The molecule has 6 heteroatoms. The van der Waals surface area contributed by atoms with E-state index in [9.17, 15) is 14.4 Å². The Balaban J connectivity index is 4.05. The van der Waals surface area contributed by atoms with Gasteiger partial charge < -0.3 is 14.2 Å². The number of carbonyl (C=O) groups is 3. The van der Waals surface area contributed by atoms with Crippen molar-refractivity contribution < 1.29 is 28.6 Å². The molecule has 0 saturated carbocycles. The molecule has 0 heterocycles. The summed E-state index contributed by atoms with van der Waals surface area (Å²) in [5.74, 6) is -0.855. The van der Waals surface area contributed by atoms with Gasteiger partial charge in [-0.3, -0.25) is 14.4 Å². The molecule has 0 aromatic carbocycles. The second-order valence-electron chi connectivity index (χ2n) is 23.5. The molecule has 0 aliphatic rings. The van der Waals surface area contributed by atoms with Crippen LogP contribution in [0.4, 0.5) is 0 Å². The molecule has 0 fully saturated rings. The van der Waals surface area contributed by atoms with E-state index < -0.39 is 6.10 Å². The zero-order chi connectivity index (χ0) is 55.7. The van der Waals surface area contributed by atoms with E-state index in [0.29, 0.717) is 19.3 Å². The largest absolute Gasteiger partial charge is 0.462 e. The summed E-state index contributed by atoms with van der Waals surface area (Å²) in [5.41, 5.74) is 0. The van der Waals surface area contributed by atoms with E-state index in [1.807, 2.05) is 0 Å². The van der Waals surface area contributed by atoms with Crippen LogP contribution in [0.1, 0.15) is 380 Å². The minimum absolute atomic E-state index is 0.0687. The summed E-state index contributed by atoms with van der Waals surface area (Å²) in [4.78, 5) is 38.1. The lowest BCUT2D eigenvalue weighted by Crippen LogP contribution is -2.30. The number of carbonyl (C=O) groups excluding carboxylic acids is 3. The maximum Gasteiger partial charge on any atom is 0.306 e. The van der Waals surface area contributed by atoms with Crippen LogP contribution in [-0.4, -0.2) is 37.2 Å². The van der Waals surface area contributed by atoms with E-state index in [4.69, 9.17) is 14.2 Å². The molecule has 0 aliphatic carbocycles. The van der Waals surface area contributed by atoms with Gasteiger partial charge in [-0.15, -0.1) is 0 Å². The highest BCUT2D eigenvalue weighted by atomic mass is 16.6. The van der Waals surface area contributed by atoms with Gasteiger partial charge in [0.05, 0.1) is 0 Å². The van der Waals surface area contributed by atoms with Crippen LogP contribution in [0.5, 0.6) is 0 Å². The summed E-state index contributed by atoms with van der Waals surface area (Å²) in [6, 6.07) is 0. The number of unbranched alkanes of at least 4 members (excludes halogenated alkanes) is 47. The minimum Gasteiger partial charge on any atom is -0.462 e. The molecule has 0 aromatic heterocycles. The molecule has 77 heavy (non-hydrogen) atoms. The van der Waals surface area contributed by atoms with Crippen molar-refractivity contribution in [2.24, 2.45) is 0 Å². The molecule has 0 N–H and O–H groups in total. The van der Waals surface area contributed by atoms with Gasteiger partial charge in [0.25, 0.3) is 0 Å². The zero-order valence-electron chi connectivity index (χ0n) is 52.0. The molecule has 6 nitrogen and oxygen atoms in total. The number of hydrogen-bond donors (Lipinski definition) is 0. The van der Waals surface area contributed by atoms with Crippen LogP contribution >= 0.6 is 0 Å². The van der Waals surface area contributed by atoms with E-state index in [1.54, 1.807) is 0 Å². The Labute approximate surface area is 480 Å². The Morgan fingerprint density at radius 1 is 0.260 bits per heavy atom. The van der Waals surface area contributed by atoms with E-state index in [-0.39, 0.29) is 31.1 Å². The van der Waals surface area contributed by atoms with Crippen molar-refractivity contribution in [1.29, 1.82) is 0 Å². The monoisotopic (exact) mass is 1080 g/mol. The summed E-state index contributed by atoms with van der Waals surface area (Å²) >= 11 is 0. The molecule has 0 aromatic rings. The fourth-order valence-corrected chi connectivity index (χ4v) is 10.5. The number of allylic oxidation sites excluding steroid dienone is 6. The van der Waals surface area contributed by atoms with Gasteiger partial charge in [-0.2, -0.15) is 0 Å². The van der Waals surface area contributed by atoms with Gasteiger partial charge in [0.2, 0.25) is 0 Å². The summed E-state index contributed by atoms with van der Waals surface area (Å²) in [7, 11) is 0. The molecule has 1 unspecified atom stereocenters. The van der Waals surface area contributed by atoms with Crippen molar-refractivity contribution in [3.63, 3.8) is 0 Å². The van der Waals surface area contributed by atoms with Gasteiger partial charge in [0.1, 0.15) is 13.2 Å². The first-order valence-electron chi connectivity index (χ1n) is 34.5. The first-order chi connectivity index (χ1) is 38.0. The first kappa shape index (κ1) is 74.6. The summed E-state index contributed by atoms with van der Waals surface area (Å²) in [6.07, 6.45) is 82.0. The lowest BCUT2D eigenvalue weighted by Gasteiger charge is -2.18. The Hall–Kier alpha value is -2.37. The molecule has 0 spiro atoms. The predicted octanol–water partition coefficient (Wildman–Crippen LogP) is 23.6. The van der Waals surface area contributed by atoms with Gasteiger partial charge in [0.15, 0.2) is 6.10 Å². The molecule has 0 bridgehead atoms. The number of ether oxygens (including phenoxy) is 3. The maximum absolute atomic E-state index is 12.9. The normalized spacial score (nSPS) is 12.2. The van der Waals surface area contributed by atoms with Crippen molar-refractivity contribution in [2.45, 2.75) is 386 Å². The van der Waals surface area contributed by atoms with Crippen LogP contribution < -0.4 is 0 Å². The Kier molecular flexibility index (Phi) is 64.1. The third-order valence-electron chi connectivity index (χ3n) is 15.6. The molecule has 0 saturated heterocycles. The van der Waals surface area contributed by atoms with Gasteiger partial charge in [-0.25, -0.2) is 0 Å². The minimum atomic E-state index is -0.770. The second kappa shape index (κ2) is 66.1. The van der Waals surface area contributed by atoms with Crippen molar-refractivity contribution in [3.05, 3.63) is 36.5 Å². The van der Waals surface area contributed by atoms with Crippen LogP contribution in [0.2, 0.25) is 0 Å². The molecule has 0 amide bonds. The average Bonchev–Trinajstić information content (AvgIpc) is 3.43. The lowest BCUT2D eigenvalue weighted by atomic mass is 10.0. The number of rotatable bonds is 64. The van der Waals surface area contributed by atoms with E-state index in [1.165, 1.54) is 270 Å². The summed E-state index contributed by atoms with van der Waals surface area (Å²) in [6.45, 7) is 6.65. The van der Waals surface area contributed by atoms with Crippen LogP contribution in [0, 0.1) is 0 Å². The van der Waals surface area contributed by atoms with Crippen molar-refractivity contribution >= 4 is 17.9 Å². The smallest absolute Gasteiger partial charge is 0.306 e. The third kappa shape index (κ3) is 64.3. The van der Waals surface area contributed by atoms with Gasteiger partial charge in [-0.05, 0) is 57.8 Å². The van der Waals surface area contributed by atoms with E-state index >= 15 is 0 Å². The Morgan fingerprint density at radius 2 is 0.468 bits per heavy atom. The summed E-state index contributed by atoms with van der Waals surface area (Å²) < 4.78 is 16.9.